The Morgan fingerprint density at radius 3 is 2.52 bits per heavy atom. The molecule has 1 unspecified atom stereocenters. The van der Waals surface area contributed by atoms with Crippen molar-refractivity contribution >= 4 is 0 Å². The average molecular weight is 287 g/mol. The van der Waals surface area contributed by atoms with Gasteiger partial charge in [-0.25, -0.2) is 4.39 Å². The number of methoxy groups -OCH3 is 1. The van der Waals surface area contributed by atoms with Crippen LogP contribution in [0.1, 0.15) is 17.2 Å². The second-order valence-electron chi connectivity index (χ2n) is 4.36. The van der Waals surface area contributed by atoms with E-state index in [0.717, 1.165) is 0 Å². The summed E-state index contributed by atoms with van der Waals surface area (Å²) in [4.78, 5) is 0. The van der Waals surface area contributed by atoms with Gasteiger partial charge in [0.1, 0.15) is 18.5 Å². The highest BCUT2D eigenvalue weighted by Gasteiger charge is 2.12. The minimum atomic E-state index is -0.957. The molecule has 2 aromatic rings. The van der Waals surface area contributed by atoms with Crippen molar-refractivity contribution in [2.75, 3.05) is 13.7 Å². The Hall–Kier alpha value is -2.58. The summed E-state index contributed by atoms with van der Waals surface area (Å²) in [5.74, 6) is 0.119. The summed E-state index contributed by atoms with van der Waals surface area (Å²) in [7, 11) is 1.38. The molecule has 5 heteroatoms. The lowest BCUT2D eigenvalue weighted by Gasteiger charge is -2.13. The maximum atomic E-state index is 13.5. The predicted octanol–water partition coefficient (Wildman–Crippen LogP) is 2.82. The molecule has 0 saturated carbocycles. The lowest BCUT2D eigenvalue weighted by atomic mass is 10.1. The van der Waals surface area contributed by atoms with Crippen LogP contribution in [0.4, 0.5) is 4.39 Å². The van der Waals surface area contributed by atoms with E-state index in [1.165, 1.54) is 19.2 Å². The number of nitriles is 1. The molecule has 2 rings (SSSR count). The van der Waals surface area contributed by atoms with Gasteiger partial charge in [-0.2, -0.15) is 5.26 Å². The highest BCUT2D eigenvalue weighted by Crippen LogP contribution is 2.22. The molecule has 0 bridgehead atoms. The highest BCUT2D eigenvalue weighted by molar-refractivity contribution is 5.35. The number of rotatable bonds is 5. The molecule has 2 aromatic carbocycles. The number of hydrogen-bond acceptors (Lipinski definition) is 4. The first-order valence-electron chi connectivity index (χ1n) is 6.28. The van der Waals surface area contributed by atoms with E-state index < -0.39 is 11.9 Å². The van der Waals surface area contributed by atoms with Crippen molar-refractivity contribution in [3.05, 3.63) is 59.4 Å². The SMILES string of the molecule is COc1ccc(C(O)COc2ccc(C#N)cc2)cc1F. The Morgan fingerprint density at radius 2 is 1.95 bits per heavy atom. The number of ether oxygens (including phenoxy) is 2. The van der Waals surface area contributed by atoms with E-state index in [2.05, 4.69) is 0 Å². The van der Waals surface area contributed by atoms with E-state index in [9.17, 15) is 9.50 Å². The summed E-state index contributed by atoms with van der Waals surface area (Å²) >= 11 is 0. The fraction of sp³-hybridized carbons (Fsp3) is 0.188. The fourth-order valence-corrected chi connectivity index (χ4v) is 1.79. The molecule has 0 aliphatic rings. The number of benzene rings is 2. The highest BCUT2D eigenvalue weighted by atomic mass is 19.1. The minimum absolute atomic E-state index is 0.0162. The van der Waals surface area contributed by atoms with Crippen molar-refractivity contribution in [3.8, 4) is 17.6 Å². The largest absolute Gasteiger partial charge is 0.494 e. The molecule has 21 heavy (non-hydrogen) atoms. The van der Waals surface area contributed by atoms with Crippen LogP contribution in [0, 0.1) is 17.1 Å². The number of halogens is 1. The van der Waals surface area contributed by atoms with Gasteiger partial charge in [-0.05, 0) is 42.0 Å². The molecule has 0 spiro atoms. The van der Waals surface area contributed by atoms with Crippen molar-refractivity contribution in [3.63, 3.8) is 0 Å². The standard InChI is InChI=1S/C16H14FNO3/c1-20-16-7-4-12(8-14(16)17)15(19)10-21-13-5-2-11(9-18)3-6-13/h2-8,15,19H,10H2,1H3. The first-order chi connectivity index (χ1) is 10.1. The van der Waals surface area contributed by atoms with E-state index in [-0.39, 0.29) is 12.4 Å². The van der Waals surface area contributed by atoms with Crippen LogP contribution < -0.4 is 9.47 Å². The van der Waals surface area contributed by atoms with E-state index in [4.69, 9.17) is 14.7 Å². The zero-order valence-electron chi connectivity index (χ0n) is 11.4. The first-order valence-corrected chi connectivity index (χ1v) is 6.28. The van der Waals surface area contributed by atoms with Gasteiger partial charge in [-0.3, -0.25) is 0 Å². The molecule has 0 saturated heterocycles. The van der Waals surface area contributed by atoms with Crippen molar-refractivity contribution < 1.29 is 19.0 Å². The Bertz CT molecular complexity index is 650. The molecule has 0 radical (unpaired) electrons. The van der Waals surface area contributed by atoms with Gasteiger partial charge < -0.3 is 14.6 Å². The molecule has 0 aliphatic heterocycles. The van der Waals surface area contributed by atoms with Gasteiger partial charge in [0, 0.05) is 0 Å². The second-order valence-corrected chi connectivity index (χ2v) is 4.36. The third kappa shape index (κ3) is 3.71. The Balaban J connectivity index is 1.99. The van der Waals surface area contributed by atoms with E-state index in [1.807, 2.05) is 6.07 Å². The normalized spacial score (nSPS) is 11.5. The Kier molecular flexibility index (Phi) is 4.75. The second kappa shape index (κ2) is 6.73. The van der Waals surface area contributed by atoms with Crippen LogP contribution in [0.5, 0.6) is 11.5 Å². The fourth-order valence-electron chi connectivity index (χ4n) is 1.79. The van der Waals surface area contributed by atoms with Gasteiger partial charge in [-0.15, -0.1) is 0 Å². The molecule has 0 heterocycles. The maximum absolute atomic E-state index is 13.5. The van der Waals surface area contributed by atoms with Gasteiger partial charge in [0.15, 0.2) is 11.6 Å². The monoisotopic (exact) mass is 287 g/mol. The van der Waals surface area contributed by atoms with Gasteiger partial charge in [0.2, 0.25) is 0 Å². The zero-order valence-corrected chi connectivity index (χ0v) is 11.4. The van der Waals surface area contributed by atoms with Crippen LogP contribution in [0.25, 0.3) is 0 Å². The molecule has 0 aromatic heterocycles. The summed E-state index contributed by atoms with van der Waals surface area (Å²) in [5.41, 5.74) is 0.932. The third-order valence-corrected chi connectivity index (χ3v) is 2.95. The zero-order chi connectivity index (χ0) is 15.2. The summed E-state index contributed by atoms with van der Waals surface area (Å²) in [6, 6.07) is 12.8. The topological polar surface area (TPSA) is 62.5 Å². The van der Waals surface area contributed by atoms with Crippen LogP contribution in [-0.4, -0.2) is 18.8 Å². The molecule has 4 nitrogen and oxygen atoms in total. The van der Waals surface area contributed by atoms with Gasteiger partial charge in [-0.1, -0.05) is 6.07 Å². The van der Waals surface area contributed by atoms with Gasteiger partial charge in [0.05, 0.1) is 18.7 Å². The van der Waals surface area contributed by atoms with Crippen molar-refractivity contribution in [1.29, 1.82) is 5.26 Å². The molecule has 1 N–H and O–H groups in total. The Labute approximate surface area is 122 Å². The van der Waals surface area contributed by atoms with Crippen molar-refractivity contribution in [2.24, 2.45) is 0 Å². The van der Waals surface area contributed by atoms with Crippen LogP contribution in [0.15, 0.2) is 42.5 Å². The van der Waals surface area contributed by atoms with Crippen LogP contribution in [0.3, 0.4) is 0 Å². The smallest absolute Gasteiger partial charge is 0.165 e. The number of aliphatic hydroxyl groups excluding tert-OH is 1. The summed E-state index contributed by atoms with van der Waals surface area (Å²) < 4.78 is 23.8. The van der Waals surface area contributed by atoms with Gasteiger partial charge in [0.25, 0.3) is 0 Å². The molecule has 108 valence electrons. The summed E-state index contributed by atoms with van der Waals surface area (Å²) in [6.07, 6.45) is -0.957. The van der Waals surface area contributed by atoms with Gasteiger partial charge >= 0.3 is 0 Å². The average Bonchev–Trinajstić information content (AvgIpc) is 2.53. The van der Waals surface area contributed by atoms with Crippen molar-refractivity contribution in [1.82, 2.24) is 0 Å². The van der Waals surface area contributed by atoms with Crippen molar-refractivity contribution in [2.45, 2.75) is 6.10 Å². The number of hydrogen-bond donors (Lipinski definition) is 1. The molecular formula is C16H14FNO3. The summed E-state index contributed by atoms with van der Waals surface area (Å²) in [6.45, 7) is -0.0162. The molecular weight excluding hydrogens is 273 g/mol. The summed E-state index contributed by atoms with van der Waals surface area (Å²) in [5, 5.41) is 18.7. The predicted molar refractivity (Wildman–Crippen MR) is 74.6 cm³/mol. The van der Waals surface area contributed by atoms with Crippen LogP contribution in [-0.2, 0) is 0 Å². The lowest BCUT2D eigenvalue weighted by Crippen LogP contribution is -2.10. The van der Waals surface area contributed by atoms with E-state index in [1.54, 1.807) is 30.3 Å². The van der Waals surface area contributed by atoms with Crippen LogP contribution >= 0.6 is 0 Å². The quantitative estimate of drug-likeness (QED) is 0.918. The maximum Gasteiger partial charge on any atom is 0.165 e. The Morgan fingerprint density at radius 1 is 1.24 bits per heavy atom. The number of nitrogens with zero attached hydrogens (tertiary/aromatic N) is 1. The van der Waals surface area contributed by atoms with E-state index >= 15 is 0 Å². The third-order valence-electron chi connectivity index (χ3n) is 2.95. The van der Waals surface area contributed by atoms with E-state index in [0.29, 0.717) is 16.9 Å². The minimum Gasteiger partial charge on any atom is -0.494 e. The molecule has 0 amide bonds. The lowest BCUT2D eigenvalue weighted by molar-refractivity contribution is 0.108. The first kappa shape index (κ1) is 14.8. The molecule has 0 fully saturated rings. The van der Waals surface area contributed by atoms with Crippen LogP contribution in [0.2, 0.25) is 0 Å². The molecule has 0 aliphatic carbocycles. The molecule has 1 atom stereocenters. The number of aliphatic hydroxyl groups is 1.